The van der Waals surface area contributed by atoms with E-state index in [1.54, 1.807) is 6.92 Å². The van der Waals surface area contributed by atoms with Gasteiger partial charge in [0, 0.05) is 11.3 Å². The molecule has 4 aliphatic rings. The first kappa shape index (κ1) is 29.7. The van der Waals surface area contributed by atoms with E-state index in [2.05, 4.69) is 27.7 Å². The maximum Gasteiger partial charge on any atom is 0.308 e. The topological polar surface area (TPSA) is 101 Å². The summed E-state index contributed by atoms with van der Waals surface area (Å²) < 4.78 is 5.95. The summed E-state index contributed by atoms with van der Waals surface area (Å²) in [7, 11) is 0. The molecule has 0 aromatic rings. The Morgan fingerprint density at radius 3 is 2.24 bits per heavy atom. The fourth-order valence-corrected chi connectivity index (χ4v) is 10.7. The van der Waals surface area contributed by atoms with Crippen LogP contribution in [-0.2, 0) is 19.1 Å². The molecule has 38 heavy (non-hydrogen) atoms. The van der Waals surface area contributed by atoms with Crippen LogP contribution in [0.3, 0.4) is 0 Å². The van der Waals surface area contributed by atoms with Crippen molar-refractivity contribution < 1.29 is 29.3 Å². The van der Waals surface area contributed by atoms with Gasteiger partial charge in [-0.2, -0.15) is 0 Å². The number of aliphatic hydroxyl groups excluding tert-OH is 2. The summed E-state index contributed by atoms with van der Waals surface area (Å²) in [6, 6.07) is 0. The van der Waals surface area contributed by atoms with Gasteiger partial charge in [0.15, 0.2) is 0 Å². The van der Waals surface area contributed by atoms with E-state index in [-0.39, 0.29) is 29.0 Å². The summed E-state index contributed by atoms with van der Waals surface area (Å²) in [5, 5.41) is 22.0. The van der Waals surface area contributed by atoms with E-state index in [0.717, 1.165) is 32.0 Å². The summed E-state index contributed by atoms with van der Waals surface area (Å²) in [4.78, 5) is 38.6. The number of carbonyl (C=O) groups excluding carboxylic acids is 3. The van der Waals surface area contributed by atoms with Gasteiger partial charge in [-0.05, 0) is 85.9 Å². The minimum atomic E-state index is -0.790. The first-order chi connectivity index (χ1) is 17.7. The number of hydrogen-bond donors (Lipinski definition) is 2. The molecule has 0 heterocycles. The quantitative estimate of drug-likeness (QED) is 0.331. The molecule has 4 saturated carbocycles. The SMILES string of the molecule is CCC(O)CC(=O)OC1C[C@H]2[C@]3(C)CC[C@H]4[C@](C)(CC)CCC[C@]4(C)[C@H]3C[C@@H](O)[C@]2(C)[C@@H](C=O)C1C(C)=O. The number of esters is 1. The van der Waals surface area contributed by atoms with Crippen molar-refractivity contribution in [1.29, 1.82) is 0 Å². The third kappa shape index (κ3) is 4.31. The van der Waals surface area contributed by atoms with Crippen molar-refractivity contribution in [2.24, 2.45) is 51.2 Å². The molecule has 6 heteroatoms. The molecule has 216 valence electrons. The van der Waals surface area contributed by atoms with Crippen LogP contribution >= 0.6 is 0 Å². The summed E-state index contributed by atoms with van der Waals surface area (Å²) in [6.07, 6.45) is 7.00. The van der Waals surface area contributed by atoms with Crippen molar-refractivity contribution in [3.8, 4) is 0 Å². The Morgan fingerprint density at radius 2 is 1.66 bits per heavy atom. The van der Waals surface area contributed by atoms with Gasteiger partial charge in [0.25, 0.3) is 0 Å². The van der Waals surface area contributed by atoms with E-state index in [4.69, 9.17) is 4.74 Å². The Labute approximate surface area is 229 Å². The summed E-state index contributed by atoms with van der Waals surface area (Å²) in [6.45, 7) is 14.9. The van der Waals surface area contributed by atoms with E-state index in [1.807, 2.05) is 6.92 Å². The van der Waals surface area contributed by atoms with Gasteiger partial charge in [-0.3, -0.25) is 9.59 Å². The molecule has 0 amide bonds. The normalized spacial score (nSPS) is 49.1. The van der Waals surface area contributed by atoms with Crippen LogP contribution in [0.4, 0.5) is 0 Å². The van der Waals surface area contributed by atoms with Gasteiger partial charge >= 0.3 is 5.97 Å². The molecule has 0 aromatic heterocycles. The zero-order valence-electron chi connectivity index (χ0n) is 24.8. The lowest BCUT2D eigenvalue weighted by Gasteiger charge is -2.71. The van der Waals surface area contributed by atoms with Crippen LogP contribution in [0.5, 0.6) is 0 Å². The largest absolute Gasteiger partial charge is 0.461 e. The maximum absolute atomic E-state index is 13.0. The van der Waals surface area contributed by atoms with E-state index in [9.17, 15) is 24.6 Å². The zero-order valence-corrected chi connectivity index (χ0v) is 24.8. The van der Waals surface area contributed by atoms with Crippen molar-refractivity contribution in [2.75, 3.05) is 0 Å². The Bertz CT molecular complexity index is 933. The predicted octanol–water partition coefficient (Wildman–Crippen LogP) is 5.51. The number of fused-ring (bicyclic) bond motifs is 5. The van der Waals surface area contributed by atoms with Gasteiger partial charge in [0.1, 0.15) is 18.2 Å². The fraction of sp³-hybridized carbons (Fsp3) is 0.906. The third-order valence-electron chi connectivity index (χ3n) is 12.9. The number of Topliss-reactive ketones (excluding diaryl/α,β-unsaturated/α-hetero) is 1. The Hall–Kier alpha value is -1.27. The highest BCUT2D eigenvalue weighted by atomic mass is 16.5. The number of carbonyl (C=O) groups is 3. The van der Waals surface area contributed by atoms with Gasteiger partial charge < -0.3 is 19.7 Å². The Kier molecular flexibility index (Phi) is 8.04. The molecule has 0 aromatic carbocycles. The van der Waals surface area contributed by atoms with Crippen LogP contribution in [0.1, 0.15) is 113 Å². The van der Waals surface area contributed by atoms with Crippen LogP contribution in [-0.4, -0.2) is 46.6 Å². The van der Waals surface area contributed by atoms with Crippen molar-refractivity contribution in [3.63, 3.8) is 0 Å². The molecule has 0 bridgehead atoms. The lowest BCUT2D eigenvalue weighted by atomic mass is 9.33. The molecule has 4 fully saturated rings. The van der Waals surface area contributed by atoms with E-state index in [0.29, 0.717) is 36.5 Å². The smallest absolute Gasteiger partial charge is 0.308 e. The average molecular weight is 533 g/mol. The van der Waals surface area contributed by atoms with Crippen LogP contribution < -0.4 is 0 Å². The molecule has 0 aliphatic heterocycles. The van der Waals surface area contributed by atoms with Crippen LogP contribution in [0, 0.1) is 51.2 Å². The molecule has 0 saturated heterocycles. The van der Waals surface area contributed by atoms with Crippen molar-refractivity contribution in [1.82, 2.24) is 0 Å². The highest BCUT2D eigenvalue weighted by Gasteiger charge is 2.70. The molecule has 12 atom stereocenters. The van der Waals surface area contributed by atoms with Gasteiger partial charge in [-0.15, -0.1) is 0 Å². The number of ketones is 1. The first-order valence-electron chi connectivity index (χ1n) is 15.2. The lowest BCUT2D eigenvalue weighted by molar-refractivity contribution is -0.260. The minimum absolute atomic E-state index is 0.0592. The van der Waals surface area contributed by atoms with Gasteiger partial charge in [0.2, 0.25) is 0 Å². The molecular weight excluding hydrogens is 480 g/mol. The van der Waals surface area contributed by atoms with Gasteiger partial charge in [-0.25, -0.2) is 0 Å². The van der Waals surface area contributed by atoms with Crippen LogP contribution in [0.15, 0.2) is 0 Å². The number of hydrogen-bond acceptors (Lipinski definition) is 6. The molecule has 4 rings (SSSR count). The molecule has 2 N–H and O–H groups in total. The summed E-state index contributed by atoms with van der Waals surface area (Å²) >= 11 is 0. The van der Waals surface area contributed by atoms with Gasteiger partial charge in [0.05, 0.1) is 24.5 Å². The van der Waals surface area contributed by atoms with Crippen LogP contribution in [0.2, 0.25) is 0 Å². The number of aliphatic hydroxyl groups is 2. The summed E-state index contributed by atoms with van der Waals surface area (Å²) in [5.74, 6) is -1.37. The molecule has 6 nitrogen and oxygen atoms in total. The summed E-state index contributed by atoms with van der Waals surface area (Å²) in [5.41, 5.74) is -0.497. The van der Waals surface area contributed by atoms with Crippen LogP contribution in [0.25, 0.3) is 0 Å². The molecule has 0 spiro atoms. The second kappa shape index (κ2) is 10.3. The standard InChI is InChI=1S/C32H52O6/c1-8-20(35)15-27(37)38-22-16-25-31(6)14-11-23-29(4,9-2)12-10-13-30(23,5)24(31)17-26(36)32(25,7)21(18-33)28(22)19(3)34/h18,20-26,28,35-36H,8-17H2,1-7H3/t20?,21-,22?,23-,24+,25-,26+,28?,29+,30-,31+,32+/m0/s1. The highest BCUT2D eigenvalue weighted by Crippen LogP contribution is 2.73. The monoisotopic (exact) mass is 532 g/mol. The number of rotatable bonds is 7. The Balaban J connectivity index is 1.76. The predicted molar refractivity (Wildman–Crippen MR) is 146 cm³/mol. The zero-order chi connectivity index (χ0) is 28.3. The first-order valence-corrected chi connectivity index (χ1v) is 15.2. The minimum Gasteiger partial charge on any atom is -0.461 e. The molecule has 4 aliphatic carbocycles. The lowest BCUT2D eigenvalue weighted by Crippen LogP contribution is -2.69. The van der Waals surface area contributed by atoms with Crippen molar-refractivity contribution >= 4 is 18.0 Å². The van der Waals surface area contributed by atoms with E-state index in [1.165, 1.54) is 19.8 Å². The maximum atomic E-state index is 13.0. The number of aldehydes is 1. The second-order valence-corrected chi connectivity index (χ2v) is 14.5. The van der Waals surface area contributed by atoms with E-state index < -0.39 is 41.5 Å². The van der Waals surface area contributed by atoms with Crippen molar-refractivity contribution in [3.05, 3.63) is 0 Å². The molecule has 3 unspecified atom stereocenters. The van der Waals surface area contributed by atoms with Crippen molar-refractivity contribution in [2.45, 2.75) is 131 Å². The Morgan fingerprint density at radius 1 is 1.00 bits per heavy atom. The molecule has 0 radical (unpaired) electrons. The fourth-order valence-electron chi connectivity index (χ4n) is 10.7. The highest BCUT2D eigenvalue weighted by molar-refractivity contribution is 5.83. The average Bonchev–Trinajstić information content (AvgIpc) is 2.85. The molecular formula is C32H52O6. The third-order valence-corrected chi connectivity index (χ3v) is 12.9. The number of ether oxygens (including phenoxy) is 1. The second-order valence-electron chi connectivity index (χ2n) is 14.5. The van der Waals surface area contributed by atoms with E-state index >= 15 is 0 Å². The van der Waals surface area contributed by atoms with Gasteiger partial charge in [-0.1, -0.05) is 54.4 Å².